The molecule has 0 aliphatic heterocycles. The van der Waals surface area contributed by atoms with Gasteiger partial charge in [-0.05, 0) is 57.0 Å². The van der Waals surface area contributed by atoms with E-state index in [1.165, 1.54) is 45.1 Å². The first-order valence-electron chi connectivity index (χ1n) is 7.23. The minimum atomic E-state index is 0.819. The van der Waals surface area contributed by atoms with Crippen molar-refractivity contribution in [3.8, 4) is 0 Å². The Labute approximate surface area is 101 Å². The van der Waals surface area contributed by atoms with Crippen LogP contribution in [0.1, 0.15) is 58.8 Å². The van der Waals surface area contributed by atoms with Gasteiger partial charge in [0.1, 0.15) is 0 Å². The molecule has 16 heavy (non-hydrogen) atoms. The lowest BCUT2D eigenvalue weighted by atomic mass is 10.1. The first-order valence-corrected chi connectivity index (χ1v) is 7.23. The summed E-state index contributed by atoms with van der Waals surface area (Å²) in [6.07, 6.45) is 9.83. The van der Waals surface area contributed by atoms with Crippen LogP contribution in [0.5, 0.6) is 0 Å². The van der Waals surface area contributed by atoms with Crippen LogP contribution in [0.15, 0.2) is 0 Å². The molecule has 96 valence electrons. The van der Waals surface area contributed by atoms with Crippen molar-refractivity contribution in [1.82, 2.24) is 5.32 Å². The molecule has 2 aliphatic carbocycles. The summed E-state index contributed by atoms with van der Waals surface area (Å²) in [5, 5.41) is 3.70. The summed E-state index contributed by atoms with van der Waals surface area (Å²) in [4.78, 5) is 0. The molecule has 2 saturated carbocycles. The van der Waals surface area contributed by atoms with Crippen LogP contribution < -0.4 is 11.1 Å². The first kappa shape index (κ1) is 14.0. The average Bonchev–Trinajstić information content (AvgIpc) is 3.17. The van der Waals surface area contributed by atoms with E-state index in [4.69, 9.17) is 5.73 Å². The zero-order valence-electron chi connectivity index (χ0n) is 11.2. The van der Waals surface area contributed by atoms with Gasteiger partial charge in [0, 0.05) is 6.04 Å². The minimum absolute atomic E-state index is 0.819. The van der Waals surface area contributed by atoms with E-state index in [9.17, 15) is 0 Å². The standard InChI is InChI=1S/C11H21N.C3H9N/c1-2-11(7-9-3-4-9)12-8-10-5-6-10;1-2-3-4/h9-12H,2-8H2,1H3;2-4H2,1H3. The van der Waals surface area contributed by atoms with Gasteiger partial charge in [0.25, 0.3) is 0 Å². The smallest absolute Gasteiger partial charge is 0.00671 e. The number of hydrogen-bond donors (Lipinski definition) is 2. The van der Waals surface area contributed by atoms with Crippen LogP contribution >= 0.6 is 0 Å². The lowest BCUT2D eigenvalue weighted by Crippen LogP contribution is -2.30. The van der Waals surface area contributed by atoms with Gasteiger partial charge in [0.2, 0.25) is 0 Å². The van der Waals surface area contributed by atoms with Gasteiger partial charge in [-0.25, -0.2) is 0 Å². The van der Waals surface area contributed by atoms with Crippen molar-refractivity contribution in [2.24, 2.45) is 17.6 Å². The molecule has 1 unspecified atom stereocenters. The van der Waals surface area contributed by atoms with E-state index in [0.717, 1.165) is 30.8 Å². The largest absolute Gasteiger partial charge is 0.330 e. The minimum Gasteiger partial charge on any atom is -0.330 e. The van der Waals surface area contributed by atoms with E-state index < -0.39 is 0 Å². The van der Waals surface area contributed by atoms with Gasteiger partial charge in [-0.15, -0.1) is 0 Å². The lowest BCUT2D eigenvalue weighted by Gasteiger charge is -2.15. The highest BCUT2D eigenvalue weighted by Gasteiger charge is 2.26. The Bertz CT molecular complexity index is 160. The molecule has 0 spiro atoms. The molecule has 0 bridgehead atoms. The summed E-state index contributed by atoms with van der Waals surface area (Å²) in [7, 11) is 0. The quantitative estimate of drug-likeness (QED) is 0.700. The molecular formula is C14H30N2. The van der Waals surface area contributed by atoms with Gasteiger partial charge < -0.3 is 11.1 Å². The normalized spacial score (nSPS) is 21.2. The van der Waals surface area contributed by atoms with Gasteiger partial charge in [0.05, 0.1) is 0 Å². The number of nitrogens with one attached hydrogen (secondary N) is 1. The maximum Gasteiger partial charge on any atom is 0.00671 e. The maximum atomic E-state index is 5.03. The van der Waals surface area contributed by atoms with E-state index >= 15 is 0 Å². The Morgan fingerprint density at radius 1 is 1.12 bits per heavy atom. The number of nitrogens with two attached hydrogens (primary N) is 1. The van der Waals surface area contributed by atoms with Gasteiger partial charge in [-0.2, -0.15) is 0 Å². The molecule has 0 aromatic carbocycles. The van der Waals surface area contributed by atoms with Crippen molar-refractivity contribution in [2.45, 2.75) is 64.8 Å². The number of rotatable bonds is 7. The predicted molar refractivity (Wildman–Crippen MR) is 71.5 cm³/mol. The molecule has 0 heterocycles. The molecule has 2 aliphatic rings. The Balaban J connectivity index is 0.000000280. The topological polar surface area (TPSA) is 38.0 Å². The Morgan fingerprint density at radius 2 is 1.69 bits per heavy atom. The van der Waals surface area contributed by atoms with Gasteiger partial charge in [-0.1, -0.05) is 26.7 Å². The van der Waals surface area contributed by atoms with Gasteiger partial charge in [0.15, 0.2) is 0 Å². The Morgan fingerprint density at radius 3 is 2.06 bits per heavy atom. The fourth-order valence-electron chi connectivity index (χ4n) is 1.81. The molecule has 2 rings (SSSR count). The van der Waals surface area contributed by atoms with Crippen molar-refractivity contribution in [3.63, 3.8) is 0 Å². The van der Waals surface area contributed by atoms with Crippen molar-refractivity contribution >= 4 is 0 Å². The molecule has 1 atom stereocenters. The summed E-state index contributed by atoms with van der Waals surface area (Å²) in [6, 6.07) is 0.832. The lowest BCUT2D eigenvalue weighted by molar-refractivity contribution is 0.437. The predicted octanol–water partition coefficient (Wildman–Crippen LogP) is 2.92. The fraction of sp³-hybridized carbons (Fsp3) is 1.00. The molecule has 3 N–H and O–H groups in total. The molecule has 0 radical (unpaired) electrons. The van der Waals surface area contributed by atoms with E-state index in [1.54, 1.807) is 0 Å². The molecular weight excluding hydrogens is 196 g/mol. The molecule has 2 fully saturated rings. The van der Waals surface area contributed by atoms with Crippen LogP contribution in [-0.2, 0) is 0 Å². The SMILES string of the molecule is CCC(CC1CC1)NCC1CC1.CCCN. The third-order valence-corrected chi connectivity index (χ3v) is 3.49. The zero-order chi connectivity index (χ0) is 11.8. The average molecular weight is 226 g/mol. The first-order chi connectivity index (χ1) is 7.80. The van der Waals surface area contributed by atoms with Crippen LogP contribution in [0.3, 0.4) is 0 Å². The second-order valence-electron chi connectivity index (χ2n) is 5.42. The fourth-order valence-corrected chi connectivity index (χ4v) is 1.81. The van der Waals surface area contributed by atoms with E-state index in [2.05, 4.69) is 19.2 Å². The third-order valence-electron chi connectivity index (χ3n) is 3.49. The molecule has 2 heteroatoms. The second-order valence-corrected chi connectivity index (χ2v) is 5.42. The van der Waals surface area contributed by atoms with E-state index in [0.29, 0.717) is 0 Å². The van der Waals surface area contributed by atoms with Crippen LogP contribution in [0, 0.1) is 11.8 Å². The van der Waals surface area contributed by atoms with Crippen LogP contribution in [0.25, 0.3) is 0 Å². The Kier molecular flexibility index (Phi) is 7.06. The summed E-state index contributed by atoms with van der Waals surface area (Å²) >= 11 is 0. The second kappa shape index (κ2) is 8.08. The highest BCUT2D eigenvalue weighted by atomic mass is 14.9. The van der Waals surface area contributed by atoms with Crippen molar-refractivity contribution in [2.75, 3.05) is 13.1 Å². The molecule has 2 nitrogen and oxygen atoms in total. The van der Waals surface area contributed by atoms with Crippen molar-refractivity contribution in [3.05, 3.63) is 0 Å². The summed E-state index contributed by atoms with van der Waals surface area (Å²) < 4.78 is 0. The molecule has 0 aromatic heterocycles. The summed E-state index contributed by atoms with van der Waals surface area (Å²) in [5.74, 6) is 2.12. The summed E-state index contributed by atoms with van der Waals surface area (Å²) in [6.45, 7) is 6.48. The van der Waals surface area contributed by atoms with Gasteiger partial charge in [-0.3, -0.25) is 0 Å². The maximum absolute atomic E-state index is 5.03. The molecule has 0 aromatic rings. The van der Waals surface area contributed by atoms with Crippen LogP contribution in [0.4, 0.5) is 0 Å². The third kappa shape index (κ3) is 7.24. The van der Waals surface area contributed by atoms with Gasteiger partial charge >= 0.3 is 0 Å². The highest BCUT2D eigenvalue weighted by molar-refractivity contribution is 4.82. The van der Waals surface area contributed by atoms with Crippen molar-refractivity contribution < 1.29 is 0 Å². The Hall–Kier alpha value is -0.0800. The van der Waals surface area contributed by atoms with E-state index in [-0.39, 0.29) is 0 Å². The van der Waals surface area contributed by atoms with E-state index in [1.807, 2.05) is 0 Å². The zero-order valence-corrected chi connectivity index (χ0v) is 11.2. The monoisotopic (exact) mass is 226 g/mol. The molecule has 0 saturated heterocycles. The number of hydrogen-bond acceptors (Lipinski definition) is 2. The summed E-state index contributed by atoms with van der Waals surface area (Å²) in [5.41, 5.74) is 5.03. The van der Waals surface area contributed by atoms with Crippen LogP contribution in [0.2, 0.25) is 0 Å². The van der Waals surface area contributed by atoms with Crippen LogP contribution in [-0.4, -0.2) is 19.1 Å². The van der Waals surface area contributed by atoms with Crippen molar-refractivity contribution in [1.29, 1.82) is 0 Å². The highest BCUT2D eigenvalue weighted by Crippen LogP contribution is 2.34. The molecule has 0 amide bonds.